The van der Waals surface area contributed by atoms with Gasteiger partial charge in [-0.25, -0.2) is 13.5 Å². The minimum atomic E-state index is -4.14. The number of alkyl halides is 2. The van der Waals surface area contributed by atoms with Gasteiger partial charge in [-0.15, -0.1) is 5.10 Å². The van der Waals surface area contributed by atoms with Crippen LogP contribution in [0.5, 0.6) is 0 Å². The highest BCUT2D eigenvalue weighted by Crippen LogP contribution is 2.46. The number of aromatic nitrogens is 6. The molecule has 11 heteroatoms. The first-order chi connectivity index (χ1) is 17.3. The monoisotopic (exact) mass is 492 g/mol. The van der Waals surface area contributed by atoms with Crippen molar-refractivity contribution < 1.29 is 22.7 Å². The maximum absolute atomic E-state index is 15.8. The van der Waals surface area contributed by atoms with Crippen molar-refractivity contribution in [2.24, 2.45) is 0 Å². The molecule has 0 spiro atoms. The van der Waals surface area contributed by atoms with Crippen molar-refractivity contribution in [2.45, 2.75) is 18.1 Å². The molecule has 0 aliphatic rings. The first kappa shape index (κ1) is 23.2. The van der Waals surface area contributed by atoms with Crippen LogP contribution in [-0.4, -0.2) is 35.3 Å². The summed E-state index contributed by atoms with van der Waals surface area (Å²) < 4.78 is 60.4. The molecule has 0 bridgehead atoms. The Bertz CT molecular complexity index is 1590. The van der Waals surface area contributed by atoms with Crippen LogP contribution >= 0.6 is 0 Å². The van der Waals surface area contributed by atoms with Crippen LogP contribution in [0.15, 0.2) is 73.3 Å². The van der Waals surface area contributed by atoms with Gasteiger partial charge in [-0.1, -0.05) is 11.8 Å². The largest absolute Gasteiger partial charge is 0.377 e. The summed E-state index contributed by atoms with van der Waals surface area (Å²) in [7, 11) is 0. The molecule has 2 aromatic carbocycles. The number of halogens is 4. The molecule has 0 saturated heterocycles. The van der Waals surface area contributed by atoms with Crippen molar-refractivity contribution in [3.63, 3.8) is 0 Å². The number of fused-ring (bicyclic) bond motifs is 1. The quantitative estimate of drug-likeness (QED) is 0.287. The summed E-state index contributed by atoms with van der Waals surface area (Å²) in [6.45, 7) is -0.930. The molecule has 5 aromatic rings. The summed E-state index contributed by atoms with van der Waals surface area (Å²) in [6.07, 6.45) is 3.92. The molecule has 5 rings (SSSR count). The number of hydrogen-bond acceptors (Lipinski definition) is 5. The SMILES string of the molecule is OC(Cn1cnnn1)(c1ccc(F)cc1F)C(F)(F)c1ccc(C#Cc2ccc3[nH]ccc3c2)cn1. The lowest BCUT2D eigenvalue weighted by molar-refractivity contribution is -0.207. The molecule has 0 aliphatic heterocycles. The maximum atomic E-state index is 15.8. The van der Waals surface area contributed by atoms with Gasteiger partial charge < -0.3 is 10.1 Å². The number of H-pyrrole nitrogens is 1. The van der Waals surface area contributed by atoms with Crippen LogP contribution in [0.25, 0.3) is 10.9 Å². The average Bonchev–Trinajstić information content (AvgIpc) is 3.54. The Balaban J connectivity index is 1.49. The zero-order chi connectivity index (χ0) is 25.3. The Labute approximate surface area is 201 Å². The summed E-state index contributed by atoms with van der Waals surface area (Å²) >= 11 is 0. The van der Waals surface area contributed by atoms with Gasteiger partial charge in [0.2, 0.25) is 0 Å². The summed E-state index contributed by atoms with van der Waals surface area (Å²) in [4.78, 5) is 6.88. The van der Waals surface area contributed by atoms with Crippen LogP contribution in [-0.2, 0) is 18.1 Å². The van der Waals surface area contributed by atoms with E-state index < -0.39 is 41.0 Å². The van der Waals surface area contributed by atoms with E-state index in [1.54, 1.807) is 0 Å². The average molecular weight is 492 g/mol. The molecule has 0 aliphatic carbocycles. The van der Waals surface area contributed by atoms with E-state index in [0.717, 1.165) is 51.9 Å². The molecule has 3 aromatic heterocycles. The highest BCUT2D eigenvalue weighted by molar-refractivity contribution is 5.80. The Kier molecular flexibility index (Phi) is 5.74. The third kappa shape index (κ3) is 4.18. The Morgan fingerprint density at radius 1 is 0.972 bits per heavy atom. The molecule has 7 nitrogen and oxygen atoms in total. The normalized spacial score (nSPS) is 13.2. The minimum Gasteiger partial charge on any atom is -0.377 e. The van der Waals surface area contributed by atoms with Gasteiger partial charge in [0.15, 0.2) is 5.60 Å². The van der Waals surface area contributed by atoms with Crippen molar-refractivity contribution in [1.82, 2.24) is 30.2 Å². The van der Waals surface area contributed by atoms with Gasteiger partial charge in [0, 0.05) is 46.1 Å². The third-order valence-corrected chi connectivity index (χ3v) is 5.67. The molecule has 3 heterocycles. The molecule has 0 saturated carbocycles. The summed E-state index contributed by atoms with van der Waals surface area (Å²) in [5, 5.41) is 22.4. The third-order valence-electron chi connectivity index (χ3n) is 5.67. The van der Waals surface area contributed by atoms with Gasteiger partial charge >= 0.3 is 5.92 Å². The number of nitrogens with one attached hydrogen (secondary N) is 1. The summed E-state index contributed by atoms with van der Waals surface area (Å²) in [5.41, 5.74) is -2.86. The minimum absolute atomic E-state index is 0.348. The predicted octanol–water partition coefficient (Wildman–Crippen LogP) is 3.91. The predicted molar refractivity (Wildman–Crippen MR) is 120 cm³/mol. The highest BCUT2D eigenvalue weighted by Gasteiger charge is 2.57. The lowest BCUT2D eigenvalue weighted by atomic mass is 9.84. The van der Waals surface area contributed by atoms with E-state index in [1.807, 2.05) is 30.5 Å². The van der Waals surface area contributed by atoms with E-state index in [1.165, 1.54) is 6.07 Å². The smallest absolute Gasteiger partial charge is 0.323 e. The number of rotatable bonds is 5. The van der Waals surface area contributed by atoms with E-state index in [4.69, 9.17) is 0 Å². The van der Waals surface area contributed by atoms with Crippen molar-refractivity contribution in [2.75, 3.05) is 0 Å². The molecule has 36 heavy (non-hydrogen) atoms. The van der Waals surface area contributed by atoms with Crippen LogP contribution in [0.4, 0.5) is 17.6 Å². The van der Waals surface area contributed by atoms with Crippen molar-refractivity contribution in [1.29, 1.82) is 0 Å². The molecule has 1 unspecified atom stereocenters. The molecule has 0 amide bonds. The van der Waals surface area contributed by atoms with Gasteiger partial charge in [-0.05, 0) is 59.0 Å². The first-order valence-corrected chi connectivity index (χ1v) is 10.6. The zero-order valence-corrected chi connectivity index (χ0v) is 18.3. The second-order valence-electron chi connectivity index (χ2n) is 8.03. The van der Waals surface area contributed by atoms with Crippen LogP contribution in [0, 0.1) is 23.5 Å². The summed E-state index contributed by atoms with van der Waals surface area (Å²) in [6, 6.07) is 11.7. The summed E-state index contributed by atoms with van der Waals surface area (Å²) in [5.74, 6) is -0.671. The van der Waals surface area contributed by atoms with Gasteiger partial charge in [-0.3, -0.25) is 4.98 Å². The van der Waals surface area contributed by atoms with Crippen LogP contribution in [0.1, 0.15) is 22.4 Å². The van der Waals surface area contributed by atoms with E-state index >= 15 is 8.78 Å². The van der Waals surface area contributed by atoms with Crippen molar-refractivity contribution in [3.8, 4) is 11.8 Å². The fourth-order valence-corrected chi connectivity index (χ4v) is 3.81. The topological polar surface area (TPSA) is 92.5 Å². The fourth-order valence-electron chi connectivity index (χ4n) is 3.81. The number of hydrogen-bond donors (Lipinski definition) is 2. The number of nitrogens with zero attached hydrogens (tertiary/aromatic N) is 5. The Morgan fingerprint density at radius 3 is 2.50 bits per heavy atom. The first-order valence-electron chi connectivity index (χ1n) is 10.6. The molecule has 0 fully saturated rings. The van der Waals surface area contributed by atoms with E-state index in [-0.39, 0.29) is 0 Å². The second-order valence-corrected chi connectivity index (χ2v) is 8.03. The van der Waals surface area contributed by atoms with E-state index in [9.17, 15) is 13.9 Å². The number of aliphatic hydroxyl groups is 1. The van der Waals surface area contributed by atoms with E-state index in [0.29, 0.717) is 11.6 Å². The number of tetrazole rings is 1. The van der Waals surface area contributed by atoms with Gasteiger partial charge in [0.1, 0.15) is 23.7 Å². The van der Waals surface area contributed by atoms with E-state index in [2.05, 4.69) is 37.3 Å². The van der Waals surface area contributed by atoms with Gasteiger partial charge in [-0.2, -0.15) is 8.78 Å². The highest BCUT2D eigenvalue weighted by atomic mass is 19.3. The fraction of sp³-hybridized carbons (Fsp3) is 0.120. The van der Waals surface area contributed by atoms with Crippen LogP contribution in [0.3, 0.4) is 0 Å². The van der Waals surface area contributed by atoms with Gasteiger partial charge in [0.05, 0.1) is 6.54 Å². The molecular formula is C25H16F4N6O. The Hall–Kier alpha value is -4.56. The second kappa shape index (κ2) is 8.90. The number of benzene rings is 2. The molecule has 0 radical (unpaired) electrons. The molecular weight excluding hydrogens is 476 g/mol. The standard InChI is InChI=1S/C25H16F4N6O/c26-19-5-6-20(21(27)12-19)24(36,14-35-15-32-33-34-35)25(28,29)23-8-4-17(13-31-23)2-1-16-3-7-22-18(11-16)9-10-30-22/h3-13,15,30,36H,14H2. The lowest BCUT2D eigenvalue weighted by Crippen LogP contribution is -2.48. The lowest BCUT2D eigenvalue weighted by Gasteiger charge is -2.35. The number of pyridine rings is 1. The molecule has 2 N–H and O–H groups in total. The van der Waals surface area contributed by atoms with Gasteiger partial charge in [0.25, 0.3) is 0 Å². The molecule has 180 valence electrons. The van der Waals surface area contributed by atoms with Crippen molar-refractivity contribution >= 4 is 10.9 Å². The van der Waals surface area contributed by atoms with Crippen LogP contribution < -0.4 is 0 Å². The van der Waals surface area contributed by atoms with Crippen LogP contribution in [0.2, 0.25) is 0 Å². The Morgan fingerprint density at radius 2 is 1.78 bits per heavy atom. The molecule has 1 atom stereocenters. The maximum Gasteiger partial charge on any atom is 0.323 e. The number of aromatic amines is 1. The zero-order valence-electron chi connectivity index (χ0n) is 18.3. The van der Waals surface area contributed by atoms with Crippen molar-refractivity contribution in [3.05, 3.63) is 107 Å².